The Bertz CT molecular complexity index is 383. The molecule has 0 aromatic rings. The fourth-order valence-electron chi connectivity index (χ4n) is 2.65. The van der Waals surface area contributed by atoms with Crippen molar-refractivity contribution in [2.45, 2.75) is 6.42 Å². The molecule has 5 nitrogen and oxygen atoms in total. The van der Waals surface area contributed by atoms with Crippen LogP contribution in [-0.2, 0) is 19.1 Å². The van der Waals surface area contributed by atoms with Gasteiger partial charge in [0.2, 0.25) is 0 Å². The maximum atomic E-state index is 11.6. The zero-order valence-electron chi connectivity index (χ0n) is 8.10. The van der Waals surface area contributed by atoms with E-state index in [1.54, 1.807) is 0 Å². The molecule has 1 N–H and O–H groups in total. The molecule has 0 aromatic heterocycles. The lowest BCUT2D eigenvalue weighted by atomic mass is 9.94. The molecule has 0 aliphatic heterocycles. The topological polar surface area (TPSA) is 80.7 Å². The van der Waals surface area contributed by atoms with E-state index < -0.39 is 23.3 Å². The molecule has 0 aromatic carbocycles. The molecule has 3 unspecified atom stereocenters. The summed E-state index contributed by atoms with van der Waals surface area (Å²) in [5, 5.41) is 8.94. The van der Waals surface area contributed by atoms with E-state index in [2.05, 4.69) is 4.74 Å². The highest BCUT2D eigenvalue weighted by molar-refractivity contribution is 6.04. The molecule has 1 fully saturated rings. The van der Waals surface area contributed by atoms with Gasteiger partial charge in [0, 0.05) is 5.92 Å². The van der Waals surface area contributed by atoms with E-state index in [1.807, 2.05) is 0 Å². The quantitative estimate of drug-likeness (QED) is 0.524. The summed E-state index contributed by atoms with van der Waals surface area (Å²) in [7, 11) is 1.20. The second-order valence-corrected chi connectivity index (χ2v) is 3.79. The molecular weight excluding hydrogens is 200 g/mol. The number of ether oxygens (including phenoxy) is 1. The summed E-state index contributed by atoms with van der Waals surface area (Å²) < 4.78 is 4.59. The molecule has 2 rings (SSSR count). The van der Waals surface area contributed by atoms with Gasteiger partial charge >= 0.3 is 11.9 Å². The number of esters is 1. The van der Waals surface area contributed by atoms with E-state index in [1.165, 1.54) is 13.2 Å². The standard InChI is InChI=1S/C10H10O5/c1-15-9(14)10-5(7(10)4-11)2-3-6(10)8(12)13/h3-5,7H,2H2,1H3,(H,12,13). The van der Waals surface area contributed by atoms with E-state index in [0.717, 1.165) is 0 Å². The summed E-state index contributed by atoms with van der Waals surface area (Å²) in [5.41, 5.74) is -1.18. The summed E-state index contributed by atoms with van der Waals surface area (Å²) in [5.74, 6) is -2.50. The van der Waals surface area contributed by atoms with Crippen LogP contribution in [0.5, 0.6) is 0 Å². The lowest BCUT2D eigenvalue weighted by Gasteiger charge is -2.12. The van der Waals surface area contributed by atoms with Crippen LogP contribution in [0.1, 0.15) is 6.42 Å². The molecule has 2 aliphatic carbocycles. The Labute approximate surface area is 85.7 Å². The third kappa shape index (κ3) is 0.948. The van der Waals surface area contributed by atoms with Gasteiger partial charge in [-0.3, -0.25) is 4.79 Å². The van der Waals surface area contributed by atoms with E-state index in [9.17, 15) is 14.4 Å². The fourth-order valence-corrected chi connectivity index (χ4v) is 2.65. The van der Waals surface area contributed by atoms with E-state index >= 15 is 0 Å². The van der Waals surface area contributed by atoms with Crippen molar-refractivity contribution in [3.05, 3.63) is 11.6 Å². The highest BCUT2D eigenvalue weighted by Gasteiger charge is 2.75. The molecule has 0 heterocycles. The number of aliphatic carboxylic acids is 1. The monoisotopic (exact) mass is 210 g/mol. The van der Waals surface area contributed by atoms with Crippen LogP contribution in [0.4, 0.5) is 0 Å². The van der Waals surface area contributed by atoms with E-state index in [0.29, 0.717) is 12.7 Å². The first kappa shape index (κ1) is 9.89. The number of hydrogen-bond acceptors (Lipinski definition) is 4. The van der Waals surface area contributed by atoms with Crippen LogP contribution in [0.3, 0.4) is 0 Å². The molecule has 0 radical (unpaired) electrons. The molecule has 80 valence electrons. The number of fused-ring (bicyclic) bond motifs is 1. The van der Waals surface area contributed by atoms with Crippen molar-refractivity contribution in [3.63, 3.8) is 0 Å². The molecular formula is C10H10O5. The predicted molar refractivity (Wildman–Crippen MR) is 47.8 cm³/mol. The largest absolute Gasteiger partial charge is 0.478 e. The van der Waals surface area contributed by atoms with Crippen LogP contribution in [0, 0.1) is 17.3 Å². The molecule has 3 atom stereocenters. The van der Waals surface area contributed by atoms with Gasteiger partial charge in [-0.05, 0) is 12.3 Å². The number of allylic oxidation sites excluding steroid dienone is 1. The van der Waals surface area contributed by atoms with Gasteiger partial charge in [-0.1, -0.05) is 6.08 Å². The Morgan fingerprint density at radius 3 is 2.73 bits per heavy atom. The Balaban J connectivity index is 2.41. The second-order valence-electron chi connectivity index (χ2n) is 3.79. The smallest absolute Gasteiger partial charge is 0.332 e. The molecule has 0 saturated heterocycles. The first-order valence-electron chi connectivity index (χ1n) is 4.58. The van der Waals surface area contributed by atoms with Gasteiger partial charge < -0.3 is 14.6 Å². The Kier molecular flexibility index (Phi) is 1.92. The van der Waals surface area contributed by atoms with Crippen molar-refractivity contribution in [2.24, 2.45) is 17.3 Å². The zero-order valence-corrected chi connectivity index (χ0v) is 8.10. The molecule has 0 bridgehead atoms. The van der Waals surface area contributed by atoms with E-state index in [4.69, 9.17) is 5.11 Å². The van der Waals surface area contributed by atoms with Gasteiger partial charge in [0.15, 0.2) is 0 Å². The van der Waals surface area contributed by atoms with Gasteiger partial charge in [-0.25, -0.2) is 4.79 Å². The normalized spacial score (nSPS) is 36.5. The first-order valence-corrected chi connectivity index (χ1v) is 4.58. The number of carbonyl (C=O) groups is 3. The number of hydrogen-bond donors (Lipinski definition) is 1. The number of methoxy groups -OCH3 is 1. The second kappa shape index (κ2) is 2.92. The maximum absolute atomic E-state index is 11.6. The minimum atomic E-state index is -1.19. The van der Waals surface area contributed by atoms with Crippen molar-refractivity contribution < 1.29 is 24.2 Å². The van der Waals surface area contributed by atoms with Gasteiger partial charge in [-0.2, -0.15) is 0 Å². The molecule has 0 spiro atoms. The summed E-state index contributed by atoms with van der Waals surface area (Å²) in [6, 6.07) is 0. The van der Waals surface area contributed by atoms with Gasteiger partial charge in [-0.15, -0.1) is 0 Å². The minimum Gasteiger partial charge on any atom is -0.478 e. The number of aldehydes is 1. The molecule has 15 heavy (non-hydrogen) atoms. The average molecular weight is 210 g/mol. The van der Waals surface area contributed by atoms with Crippen LogP contribution in [0.25, 0.3) is 0 Å². The Hall–Kier alpha value is -1.65. The van der Waals surface area contributed by atoms with Crippen molar-refractivity contribution >= 4 is 18.2 Å². The summed E-state index contributed by atoms with van der Waals surface area (Å²) in [6.07, 6.45) is 2.61. The number of carboxylic acids is 1. The van der Waals surface area contributed by atoms with Gasteiger partial charge in [0.25, 0.3) is 0 Å². The maximum Gasteiger partial charge on any atom is 0.332 e. The Morgan fingerprint density at radius 1 is 1.67 bits per heavy atom. The lowest BCUT2D eigenvalue weighted by Crippen LogP contribution is -2.26. The third-order valence-corrected chi connectivity index (χ3v) is 3.36. The average Bonchev–Trinajstić information content (AvgIpc) is 2.69. The predicted octanol–water partition coefficient (Wildman–Crippen LogP) is 0.00540. The summed E-state index contributed by atoms with van der Waals surface area (Å²) >= 11 is 0. The minimum absolute atomic E-state index is 0.0106. The molecule has 2 aliphatic rings. The van der Waals surface area contributed by atoms with Crippen LogP contribution < -0.4 is 0 Å². The van der Waals surface area contributed by atoms with Gasteiger partial charge in [0.1, 0.15) is 11.7 Å². The van der Waals surface area contributed by atoms with Crippen LogP contribution >= 0.6 is 0 Å². The van der Waals surface area contributed by atoms with Gasteiger partial charge in [0.05, 0.1) is 12.7 Å². The number of carbonyl (C=O) groups excluding carboxylic acids is 2. The number of carboxylic acid groups (broad SMARTS) is 1. The summed E-state index contributed by atoms with van der Waals surface area (Å²) in [6.45, 7) is 0. The van der Waals surface area contributed by atoms with Crippen molar-refractivity contribution in [1.29, 1.82) is 0 Å². The van der Waals surface area contributed by atoms with Crippen molar-refractivity contribution in [1.82, 2.24) is 0 Å². The van der Waals surface area contributed by atoms with Crippen molar-refractivity contribution in [3.8, 4) is 0 Å². The van der Waals surface area contributed by atoms with E-state index in [-0.39, 0.29) is 11.5 Å². The summed E-state index contributed by atoms with van der Waals surface area (Å²) in [4.78, 5) is 33.3. The zero-order chi connectivity index (χ0) is 11.2. The molecule has 5 heteroatoms. The SMILES string of the molecule is COC(=O)C12C(C(=O)O)=CCC1C2C=O. The molecule has 0 amide bonds. The Morgan fingerprint density at radius 2 is 2.33 bits per heavy atom. The highest BCUT2D eigenvalue weighted by atomic mass is 16.5. The highest BCUT2D eigenvalue weighted by Crippen LogP contribution is 2.68. The third-order valence-electron chi connectivity index (χ3n) is 3.36. The van der Waals surface area contributed by atoms with Crippen LogP contribution in [-0.4, -0.2) is 30.4 Å². The van der Waals surface area contributed by atoms with Crippen LogP contribution in [0.15, 0.2) is 11.6 Å². The molecule has 1 saturated carbocycles. The van der Waals surface area contributed by atoms with Crippen molar-refractivity contribution in [2.75, 3.05) is 7.11 Å². The fraction of sp³-hybridized carbons (Fsp3) is 0.500. The number of rotatable bonds is 3. The first-order chi connectivity index (χ1) is 7.10. The van der Waals surface area contributed by atoms with Crippen LogP contribution in [0.2, 0.25) is 0 Å². The lowest BCUT2D eigenvalue weighted by molar-refractivity contribution is -0.149.